The zero-order valence-electron chi connectivity index (χ0n) is 38.5. The second-order valence-corrected chi connectivity index (χ2v) is 25.6. The molecular formula is C55H64N4OSi+2. The average Bonchev–Trinajstić information content (AvgIpc) is 3.74. The van der Waals surface area contributed by atoms with Crippen LogP contribution < -0.4 is 14.3 Å². The molecule has 0 spiro atoms. The van der Waals surface area contributed by atoms with Gasteiger partial charge >= 0.3 is 5.82 Å². The molecule has 0 aliphatic carbocycles. The summed E-state index contributed by atoms with van der Waals surface area (Å²) in [5.41, 5.74) is 18.0. The van der Waals surface area contributed by atoms with E-state index in [4.69, 9.17) is 16.0 Å². The van der Waals surface area contributed by atoms with Crippen LogP contribution in [0.15, 0.2) is 108 Å². The quantitative estimate of drug-likeness (QED) is 0.0952. The van der Waals surface area contributed by atoms with E-state index in [1.165, 1.54) is 44.8 Å². The van der Waals surface area contributed by atoms with Crippen LogP contribution >= 0.6 is 0 Å². The summed E-state index contributed by atoms with van der Waals surface area (Å²) in [7, 11) is -1.75. The number of pyridine rings is 2. The van der Waals surface area contributed by atoms with E-state index in [-0.39, 0.29) is 23.3 Å². The van der Waals surface area contributed by atoms with Crippen molar-refractivity contribution < 1.29 is 13.6 Å². The molecule has 0 N–H and O–H groups in total. The summed E-state index contributed by atoms with van der Waals surface area (Å²) in [6.45, 7) is 35.3. The molecule has 0 bridgehead atoms. The highest BCUT2D eigenvalue weighted by Crippen LogP contribution is 2.47. The minimum atomic E-state index is -1.75. The number of hydrogen-bond acceptors (Lipinski definition) is 2. The summed E-state index contributed by atoms with van der Waals surface area (Å²) >= 11 is 0. The van der Waals surface area contributed by atoms with Crippen LogP contribution in [0.3, 0.4) is 0 Å². The first kappa shape index (κ1) is 41.0. The van der Waals surface area contributed by atoms with Gasteiger partial charge in [0.1, 0.15) is 22.5 Å². The maximum atomic E-state index is 7.11. The Balaban J connectivity index is 1.40. The molecule has 0 radical (unpaired) electrons. The van der Waals surface area contributed by atoms with E-state index < -0.39 is 8.07 Å². The van der Waals surface area contributed by atoms with Crippen molar-refractivity contribution in [2.45, 2.75) is 119 Å². The predicted molar refractivity (Wildman–Crippen MR) is 259 cm³/mol. The van der Waals surface area contributed by atoms with Crippen LogP contribution in [-0.2, 0) is 12.8 Å². The second kappa shape index (κ2) is 14.9. The first-order valence-electron chi connectivity index (χ1n) is 22.6. The zero-order valence-corrected chi connectivity index (χ0v) is 39.5. The van der Waals surface area contributed by atoms with Gasteiger partial charge in [-0.1, -0.05) is 123 Å². The fourth-order valence-electron chi connectivity index (χ4n) is 10.9. The third kappa shape index (κ3) is 6.77. The van der Waals surface area contributed by atoms with Crippen LogP contribution in [0.5, 0.6) is 0 Å². The highest BCUT2D eigenvalue weighted by molar-refractivity contribution is 6.89. The number of imidazole rings is 1. The van der Waals surface area contributed by atoms with E-state index in [0.717, 1.165) is 87.9 Å². The van der Waals surface area contributed by atoms with Gasteiger partial charge < -0.3 is 4.42 Å². The fraction of sp³-hybridized carbons (Fsp3) is 0.364. The first-order valence-corrected chi connectivity index (χ1v) is 26.1. The number of nitrogens with zero attached hydrogens (tertiary/aromatic N) is 4. The van der Waals surface area contributed by atoms with Crippen molar-refractivity contribution in [2.24, 2.45) is 11.3 Å². The summed E-state index contributed by atoms with van der Waals surface area (Å²) < 4.78 is 14.8. The molecule has 2 atom stereocenters. The maximum absolute atomic E-state index is 7.11. The summed E-state index contributed by atoms with van der Waals surface area (Å²) in [6, 6.07) is 25.5. The highest BCUT2D eigenvalue weighted by atomic mass is 28.3. The summed E-state index contributed by atoms with van der Waals surface area (Å²) in [6.07, 6.45) is 11.2. The van der Waals surface area contributed by atoms with Crippen molar-refractivity contribution >= 4 is 57.6 Å². The number of rotatable bonds is 6. The van der Waals surface area contributed by atoms with E-state index in [9.17, 15) is 0 Å². The molecule has 3 aromatic carbocycles. The number of furan rings is 1. The third-order valence-electron chi connectivity index (χ3n) is 13.5. The molecule has 0 saturated heterocycles. The molecule has 6 heteroatoms. The molecule has 2 aliphatic rings. The van der Waals surface area contributed by atoms with Gasteiger partial charge in [0.05, 0.1) is 20.2 Å². The Labute approximate surface area is 364 Å². The molecule has 61 heavy (non-hydrogen) atoms. The van der Waals surface area contributed by atoms with Gasteiger partial charge in [-0.3, -0.25) is 4.98 Å². The Morgan fingerprint density at radius 2 is 1.77 bits per heavy atom. The van der Waals surface area contributed by atoms with E-state index in [0.29, 0.717) is 0 Å². The Morgan fingerprint density at radius 3 is 2.48 bits per heavy atom. The Bertz CT molecular complexity index is 2980. The molecule has 5 nitrogen and oxygen atoms in total. The van der Waals surface area contributed by atoms with Gasteiger partial charge in [0, 0.05) is 52.2 Å². The van der Waals surface area contributed by atoms with Crippen LogP contribution in [0, 0.1) is 25.2 Å². The van der Waals surface area contributed by atoms with Crippen LogP contribution in [0.4, 0.5) is 0 Å². The number of aryl methyl sites for hydroxylation is 3. The standard InChI is InChI=1S/C55H64N4OSi/c1-14-39(33(3)4)45(15-2)59-52-36(7)56-27-26-46(52)58-35(6)29-47-42(24-21-37-22-25-44-43-23-20-34(5)28-49(43)60-53(44)51(37)54(58)59)40-18-16-17-19-41(40)48-30-38(31-55(8,9)10)50(32-57(47)48)61(11,12)13/h14,16-20,22-23,25-28,30,32-33,42,47H,1,6,15,21,24,29,31H2,2-5,7-13H3/q+2/b45-39-. The van der Waals surface area contributed by atoms with Gasteiger partial charge in [0.2, 0.25) is 11.2 Å². The molecule has 0 saturated carbocycles. The lowest BCUT2D eigenvalue weighted by Crippen LogP contribution is -2.54. The topological polar surface area (TPSA) is 38.7 Å². The number of hydrogen-bond donors (Lipinski definition) is 0. The van der Waals surface area contributed by atoms with Crippen molar-refractivity contribution in [1.29, 1.82) is 0 Å². The Hall–Kier alpha value is -5.33. The van der Waals surface area contributed by atoms with Gasteiger partial charge in [-0.05, 0) is 84.4 Å². The largest absolute Gasteiger partial charge is 0.455 e. The first-order chi connectivity index (χ1) is 29.0. The summed E-state index contributed by atoms with van der Waals surface area (Å²) in [4.78, 5) is 4.98. The molecule has 7 aromatic rings. The lowest BCUT2D eigenvalue weighted by Gasteiger charge is -2.34. The maximum Gasteiger partial charge on any atom is 0.303 e. The molecular weight excluding hydrogens is 761 g/mol. The van der Waals surface area contributed by atoms with Gasteiger partial charge in [-0.15, -0.1) is 0 Å². The molecule has 0 fully saturated rings. The second-order valence-electron chi connectivity index (χ2n) is 20.5. The monoisotopic (exact) mass is 824 g/mol. The summed E-state index contributed by atoms with van der Waals surface area (Å²) in [5, 5.41) is 3.85. The van der Waals surface area contributed by atoms with Crippen molar-refractivity contribution in [2.75, 3.05) is 0 Å². The highest BCUT2D eigenvalue weighted by Gasteiger charge is 2.45. The van der Waals surface area contributed by atoms with Crippen LogP contribution in [0.1, 0.15) is 101 Å². The normalized spacial score (nSPS) is 17.2. The predicted octanol–water partition coefficient (Wildman–Crippen LogP) is 13.2. The SMILES string of the molecule is C=C/C(=C(\CC)n1c2[n+](c3ccnc(C)c31)C(=C)CC1C(CCc3ccc4c(oc5cc(C)ccc54)c3-2)c2ccccc2-c2cc(CC(C)(C)C)c([Si](C)(C)C)c[n+]21)C(C)C. The number of benzene rings is 3. The Morgan fingerprint density at radius 1 is 1.02 bits per heavy atom. The lowest BCUT2D eigenvalue weighted by atomic mass is 9.77. The van der Waals surface area contributed by atoms with Gasteiger partial charge in [-0.25, -0.2) is 0 Å². The number of aromatic nitrogens is 4. The van der Waals surface area contributed by atoms with Crippen LogP contribution in [0.25, 0.3) is 67.0 Å². The van der Waals surface area contributed by atoms with E-state index >= 15 is 0 Å². The number of fused-ring (bicyclic) bond motifs is 15. The summed E-state index contributed by atoms with van der Waals surface area (Å²) in [5.74, 6) is 1.63. The lowest BCUT2D eigenvalue weighted by molar-refractivity contribution is -0.719. The van der Waals surface area contributed by atoms with Crippen molar-refractivity contribution in [3.63, 3.8) is 0 Å². The minimum Gasteiger partial charge on any atom is -0.455 e. The average molecular weight is 825 g/mol. The molecule has 6 heterocycles. The molecule has 312 valence electrons. The van der Waals surface area contributed by atoms with Gasteiger partial charge in [0.25, 0.3) is 0 Å². The smallest absolute Gasteiger partial charge is 0.303 e. The molecule has 2 unspecified atom stereocenters. The molecule has 4 aromatic heterocycles. The van der Waals surface area contributed by atoms with Crippen molar-refractivity contribution in [3.8, 4) is 22.6 Å². The zero-order chi connectivity index (χ0) is 43.3. The molecule has 9 rings (SSSR count). The third-order valence-corrected chi connectivity index (χ3v) is 15.6. The molecule has 2 aliphatic heterocycles. The molecule has 0 amide bonds. The van der Waals surface area contributed by atoms with Gasteiger partial charge in [-0.2, -0.15) is 13.7 Å². The van der Waals surface area contributed by atoms with Crippen molar-refractivity contribution in [3.05, 3.63) is 132 Å². The van der Waals surface area contributed by atoms with Crippen molar-refractivity contribution in [1.82, 2.24) is 9.55 Å². The van der Waals surface area contributed by atoms with E-state index in [2.05, 4.69) is 174 Å². The Kier molecular flexibility index (Phi) is 10.0. The van der Waals surface area contributed by atoms with E-state index in [1.54, 1.807) is 5.19 Å². The number of allylic oxidation sites excluding steroid dienone is 4. The van der Waals surface area contributed by atoms with Crippen LogP contribution in [-0.4, -0.2) is 17.6 Å². The fourth-order valence-corrected chi connectivity index (χ4v) is 12.6. The van der Waals surface area contributed by atoms with Crippen LogP contribution in [0.2, 0.25) is 19.6 Å². The van der Waals surface area contributed by atoms with Gasteiger partial charge in [0.15, 0.2) is 23.3 Å². The van der Waals surface area contributed by atoms with E-state index in [1.807, 2.05) is 6.20 Å². The minimum absolute atomic E-state index is 0.165.